The normalized spacial score (nSPS) is 33.9. The average molecular weight is 369 g/mol. The molecule has 2 unspecified atom stereocenters. The van der Waals surface area contributed by atoms with Crippen LogP contribution in [-0.2, 0) is 0 Å². The maximum absolute atomic E-state index is 3.79. The molecule has 2 fully saturated rings. The summed E-state index contributed by atoms with van der Waals surface area (Å²) in [6.07, 6.45) is 4.03. The van der Waals surface area contributed by atoms with Crippen LogP contribution >= 0.6 is 70.6 Å². The predicted octanol–water partition coefficient (Wildman–Crippen LogP) is 5.13. The summed E-state index contributed by atoms with van der Waals surface area (Å²) in [7, 11) is 0. The van der Waals surface area contributed by atoms with E-state index in [1.165, 1.54) is 23.0 Å². The van der Waals surface area contributed by atoms with E-state index >= 15 is 0 Å². The second-order valence-electron chi connectivity index (χ2n) is 4.25. The lowest BCUT2D eigenvalue weighted by atomic mass is 10.5. The van der Waals surface area contributed by atoms with Gasteiger partial charge in [-0.15, -0.1) is 60.2 Å². The van der Waals surface area contributed by atoms with Crippen molar-refractivity contribution >= 4 is 70.6 Å². The molecule has 0 aromatic heterocycles. The highest BCUT2D eigenvalue weighted by Gasteiger charge is 2.47. The van der Waals surface area contributed by atoms with Crippen molar-refractivity contribution in [2.45, 2.75) is 13.2 Å². The largest absolute Gasteiger partial charge is 0.157 e. The second kappa shape index (κ2) is 8.89. The van der Waals surface area contributed by atoms with Crippen molar-refractivity contribution in [3.05, 3.63) is 25.3 Å². The number of hydrogen-bond donors (Lipinski definition) is 0. The molecule has 0 bridgehead atoms. The zero-order valence-corrected chi connectivity index (χ0v) is 15.8. The van der Waals surface area contributed by atoms with Crippen molar-refractivity contribution in [3.8, 4) is 0 Å². The Kier molecular flexibility index (Phi) is 7.92. The van der Waals surface area contributed by atoms with Gasteiger partial charge in [0, 0.05) is 45.0 Å². The van der Waals surface area contributed by atoms with E-state index in [1.54, 1.807) is 0 Å². The van der Waals surface area contributed by atoms with Gasteiger partial charge < -0.3 is 0 Å². The van der Waals surface area contributed by atoms with E-state index in [0.717, 1.165) is 22.0 Å². The topological polar surface area (TPSA) is 0 Å². The molecule has 19 heavy (non-hydrogen) atoms. The minimum atomic E-state index is 0.415. The van der Waals surface area contributed by atoms with Crippen LogP contribution in [0.25, 0.3) is 0 Å². The van der Waals surface area contributed by atoms with Crippen LogP contribution in [0, 0.1) is 0 Å². The fourth-order valence-electron chi connectivity index (χ4n) is 1.80. The first-order chi connectivity index (χ1) is 9.28. The Morgan fingerprint density at radius 2 is 1.42 bits per heavy atom. The molecule has 0 aromatic rings. The van der Waals surface area contributed by atoms with E-state index in [1.807, 2.05) is 35.7 Å². The van der Waals surface area contributed by atoms with Gasteiger partial charge in [-0.05, 0) is 0 Å². The van der Waals surface area contributed by atoms with E-state index < -0.39 is 0 Å². The van der Waals surface area contributed by atoms with E-state index in [-0.39, 0.29) is 0 Å². The molecule has 2 rings (SSSR count). The molecule has 6 heteroatoms. The van der Waals surface area contributed by atoms with Gasteiger partial charge in [0.05, 0.1) is 0 Å². The summed E-state index contributed by atoms with van der Waals surface area (Å²) in [6, 6.07) is 0. The number of thioether (sulfide) groups is 6. The zero-order chi connectivity index (χ0) is 13.6. The van der Waals surface area contributed by atoms with Crippen molar-refractivity contribution in [2.24, 2.45) is 0 Å². The third kappa shape index (κ3) is 5.37. The van der Waals surface area contributed by atoms with Gasteiger partial charge in [-0.3, -0.25) is 0 Å². The van der Waals surface area contributed by atoms with Crippen LogP contribution < -0.4 is 0 Å². The highest BCUT2D eigenvalue weighted by atomic mass is 32.3. The van der Waals surface area contributed by atoms with Crippen LogP contribution in [0.1, 0.15) is 0 Å². The smallest absolute Gasteiger partial charge is 0.154 e. The molecular formula is C13H20S6. The van der Waals surface area contributed by atoms with Gasteiger partial charge in [0.2, 0.25) is 0 Å². The molecule has 2 heterocycles. The molecule has 0 N–H and O–H groups in total. The van der Waals surface area contributed by atoms with Gasteiger partial charge in [0.15, 0.2) is 2.74 Å². The summed E-state index contributed by atoms with van der Waals surface area (Å²) < 4.78 is 0.415. The maximum Gasteiger partial charge on any atom is 0.154 e. The fraction of sp³-hybridized carbons (Fsp3) is 0.692. The molecule has 2 aliphatic heterocycles. The summed E-state index contributed by atoms with van der Waals surface area (Å²) in [6.45, 7) is 7.58. The lowest BCUT2D eigenvalue weighted by molar-refractivity contribution is 1.16. The van der Waals surface area contributed by atoms with E-state index in [4.69, 9.17) is 0 Å². The first kappa shape index (κ1) is 16.9. The molecular weight excluding hydrogens is 349 g/mol. The number of rotatable bonds is 8. The molecule has 2 atom stereocenters. The average Bonchev–Trinajstić information content (AvgIpc) is 2.99. The van der Waals surface area contributed by atoms with Crippen LogP contribution in [0.4, 0.5) is 0 Å². The Morgan fingerprint density at radius 3 is 1.84 bits per heavy atom. The fourth-order valence-corrected chi connectivity index (χ4v) is 12.7. The Labute approximate surface area is 142 Å². The lowest BCUT2D eigenvalue weighted by Gasteiger charge is -2.20. The first-order valence-electron chi connectivity index (χ1n) is 6.29. The maximum atomic E-state index is 3.79. The summed E-state index contributed by atoms with van der Waals surface area (Å²) in [5.41, 5.74) is 0. The van der Waals surface area contributed by atoms with E-state index in [0.29, 0.717) is 2.74 Å². The summed E-state index contributed by atoms with van der Waals surface area (Å²) in [5.74, 6) is 7.39. The van der Waals surface area contributed by atoms with Crippen molar-refractivity contribution < 1.29 is 0 Å². The monoisotopic (exact) mass is 368 g/mol. The zero-order valence-electron chi connectivity index (χ0n) is 10.9. The third-order valence-electron chi connectivity index (χ3n) is 2.59. The molecule has 0 radical (unpaired) electrons. The van der Waals surface area contributed by atoms with Gasteiger partial charge >= 0.3 is 0 Å². The van der Waals surface area contributed by atoms with Crippen LogP contribution in [0.5, 0.6) is 0 Å². The van der Waals surface area contributed by atoms with Crippen molar-refractivity contribution in [1.82, 2.24) is 0 Å². The molecule has 0 aliphatic carbocycles. The molecule has 2 aliphatic rings. The number of hydrogen-bond acceptors (Lipinski definition) is 6. The molecule has 0 nitrogen and oxygen atoms in total. The lowest BCUT2D eigenvalue weighted by Crippen LogP contribution is -2.08. The van der Waals surface area contributed by atoms with Crippen molar-refractivity contribution in [3.63, 3.8) is 0 Å². The second-order valence-corrected chi connectivity index (χ2v) is 13.5. The first-order valence-corrected chi connectivity index (χ1v) is 12.3. The summed E-state index contributed by atoms with van der Waals surface area (Å²) in [4.78, 5) is 0. The summed E-state index contributed by atoms with van der Waals surface area (Å²) >= 11 is 12.8. The highest BCUT2D eigenvalue weighted by molar-refractivity contribution is 8.50. The Morgan fingerprint density at radius 1 is 0.947 bits per heavy atom. The van der Waals surface area contributed by atoms with E-state index in [9.17, 15) is 0 Å². The van der Waals surface area contributed by atoms with Crippen LogP contribution in [0.15, 0.2) is 25.3 Å². The Bertz CT molecular complexity index is 276. The molecule has 2 saturated heterocycles. The predicted molar refractivity (Wildman–Crippen MR) is 105 cm³/mol. The molecule has 0 aromatic carbocycles. The van der Waals surface area contributed by atoms with Gasteiger partial charge in [-0.25, -0.2) is 0 Å². The van der Waals surface area contributed by atoms with Crippen LogP contribution in [-0.4, -0.2) is 47.8 Å². The minimum absolute atomic E-state index is 0.415. The van der Waals surface area contributed by atoms with Gasteiger partial charge in [0.25, 0.3) is 0 Å². The highest BCUT2D eigenvalue weighted by Crippen LogP contribution is 2.67. The SMILES string of the molecule is C=CCSCC1CSC2(SCC(CSCC=C)S2)S1. The van der Waals surface area contributed by atoms with Gasteiger partial charge in [-0.2, -0.15) is 23.5 Å². The Hall–Kier alpha value is 1.58. The molecule has 0 saturated carbocycles. The summed E-state index contributed by atoms with van der Waals surface area (Å²) in [5, 5.41) is 1.66. The quantitative estimate of drug-likeness (QED) is 0.427. The van der Waals surface area contributed by atoms with Crippen LogP contribution in [0.3, 0.4) is 0 Å². The van der Waals surface area contributed by atoms with Crippen LogP contribution in [0.2, 0.25) is 0 Å². The van der Waals surface area contributed by atoms with Crippen molar-refractivity contribution in [1.29, 1.82) is 0 Å². The molecule has 1 spiro atoms. The van der Waals surface area contributed by atoms with Gasteiger partial charge in [-0.1, -0.05) is 12.2 Å². The Balaban J connectivity index is 1.70. The third-order valence-corrected chi connectivity index (χ3v) is 13.3. The molecule has 108 valence electrons. The molecule has 0 amide bonds. The standard InChI is InChI=1S/C13H20S6/c1-3-5-14-7-11-9-16-13(18-11)17-10-12(19-13)8-15-6-4-2/h3-4,11-12H,1-2,5-10H2. The van der Waals surface area contributed by atoms with Gasteiger partial charge in [0.1, 0.15) is 0 Å². The van der Waals surface area contributed by atoms with E-state index in [2.05, 4.69) is 60.2 Å². The van der Waals surface area contributed by atoms with Crippen molar-refractivity contribution in [2.75, 3.05) is 34.5 Å². The minimum Gasteiger partial charge on any atom is -0.157 e.